The van der Waals surface area contributed by atoms with Crippen LogP contribution in [0, 0.1) is 0 Å². The SMILES string of the molecule is CCCCCCCCCN(CCCC(=O)OCCCCC)CCCC1CCCCN1C(=O)CCN(CCCCCCCCC)CCN(CCCCCCCCC)CCCCCCCCC. The molecule has 1 atom stereocenters. The van der Waals surface area contributed by atoms with Crippen molar-refractivity contribution in [2.24, 2.45) is 0 Å². The second-order valence-electron chi connectivity index (χ2n) is 20.7. The van der Waals surface area contributed by atoms with Gasteiger partial charge in [-0.3, -0.25) is 9.59 Å². The van der Waals surface area contributed by atoms with Gasteiger partial charge in [0.1, 0.15) is 0 Å². The van der Waals surface area contributed by atoms with Crippen LogP contribution in [0.4, 0.5) is 0 Å². The quantitative estimate of drug-likeness (QED) is 0.0448. The standard InChI is InChI=1S/C58H116N4O3/c1-6-11-16-20-24-28-33-45-59(50-40-43-58(64)65-55-38-15-10-5)49-39-42-56-41-32-37-51-62(56)57(63)44-52-61(48-36-31-27-23-19-14-9-4)54-53-60(46-34-29-25-21-17-12-7-2)47-35-30-26-22-18-13-8-3/h56H,6-55H2,1-5H3. The number of carbonyl (C=O) groups is 2. The number of carbonyl (C=O) groups excluding carboxylic acids is 2. The molecule has 7 heteroatoms. The summed E-state index contributed by atoms with van der Waals surface area (Å²) in [5.41, 5.74) is 0. The lowest BCUT2D eigenvalue weighted by molar-refractivity contribution is -0.144. The second kappa shape index (κ2) is 47.9. The van der Waals surface area contributed by atoms with E-state index in [-0.39, 0.29) is 5.97 Å². The topological polar surface area (TPSA) is 56.3 Å². The van der Waals surface area contributed by atoms with E-state index in [0.717, 1.165) is 104 Å². The number of hydrogen-bond acceptors (Lipinski definition) is 6. The fourth-order valence-corrected chi connectivity index (χ4v) is 10.1. The van der Waals surface area contributed by atoms with Crippen molar-refractivity contribution in [3.05, 3.63) is 0 Å². The van der Waals surface area contributed by atoms with Crippen LogP contribution in [0.1, 0.15) is 285 Å². The minimum Gasteiger partial charge on any atom is -0.466 e. The lowest BCUT2D eigenvalue weighted by atomic mass is 9.97. The van der Waals surface area contributed by atoms with Gasteiger partial charge in [0.25, 0.3) is 0 Å². The molecule has 1 amide bonds. The first-order chi connectivity index (χ1) is 32.0. The molecule has 1 heterocycles. The molecule has 7 nitrogen and oxygen atoms in total. The number of esters is 1. The first-order valence-corrected chi connectivity index (χ1v) is 29.6. The molecule has 0 radical (unpaired) electrons. The molecule has 1 rings (SSSR count). The van der Waals surface area contributed by atoms with Crippen LogP contribution in [-0.4, -0.2) is 110 Å². The third-order valence-electron chi connectivity index (χ3n) is 14.5. The van der Waals surface area contributed by atoms with Crippen LogP contribution in [0.3, 0.4) is 0 Å². The van der Waals surface area contributed by atoms with E-state index in [9.17, 15) is 9.59 Å². The molecule has 0 aromatic heterocycles. The summed E-state index contributed by atoms with van der Waals surface area (Å²) in [5, 5.41) is 0. The smallest absolute Gasteiger partial charge is 0.305 e. The molecule has 1 saturated heterocycles. The molecule has 0 aromatic rings. The highest BCUT2D eigenvalue weighted by Gasteiger charge is 2.27. The third-order valence-corrected chi connectivity index (χ3v) is 14.5. The van der Waals surface area contributed by atoms with Crippen molar-refractivity contribution >= 4 is 11.9 Å². The molecule has 0 aromatic carbocycles. The highest BCUT2D eigenvalue weighted by Crippen LogP contribution is 2.23. The zero-order valence-electron chi connectivity index (χ0n) is 44.9. The zero-order valence-corrected chi connectivity index (χ0v) is 44.9. The predicted octanol–water partition coefficient (Wildman–Crippen LogP) is 16.0. The predicted molar refractivity (Wildman–Crippen MR) is 284 cm³/mol. The summed E-state index contributed by atoms with van der Waals surface area (Å²) < 4.78 is 5.53. The molecule has 0 N–H and O–H groups in total. The lowest BCUT2D eigenvalue weighted by Crippen LogP contribution is -2.45. The summed E-state index contributed by atoms with van der Waals surface area (Å²) in [6.45, 7) is 22.9. The maximum Gasteiger partial charge on any atom is 0.305 e. The highest BCUT2D eigenvalue weighted by atomic mass is 16.5. The molecule has 386 valence electrons. The van der Waals surface area contributed by atoms with Crippen LogP contribution >= 0.6 is 0 Å². The number of ether oxygens (including phenoxy) is 1. The fourth-order valence-electron chi connectivity index (χ4n) is 10.1. The highest BCUT2D eigenvalue weighted by molar-refractivity contribution is 5.76. The van der Waals surface area contributed by atoms with E-state index in [1.54, 1.807) is 0 Å². The molecule has 1 fully saturated rings. The van der Waals surface area contributed by atoms with Gasteiger partial charge in [-0.15, -0.1) is 0 Å². The molecule has 1 aliphatic rings. The summed E-state index contributed by atoms with van der Waals surface area (Å²) in [4.78, 5) is 37.1. The van der Waals surface area contributed by atoms with E-state index < -0.39 is 0 Å². The van der Waals surface area contributed by atoms with Crippen LogP contribution in [0.5, 0.6) is 0 Å². The van der Waals surface area contributed by atoms with Crippen molar-refractivity contribution in [3.8, 4) is 0 Å². The van der Waals surface area contributed by atoms with Gasteiger partial charge >= 0.3 is 5.97 Å². The summed E-state index contributed by atoms with van der Waals surface area (Å²) in [5.74, 6) is 0.373. The number of rotatable bonds is 50. The van der Waals surface area contributed by atoms with E-state index in [1.807, 2.05) is 0 Å². The normalized spacial score (nSPS) is 14.4. The Labute approximate surface area is 407 Å². The molecular formula is C58H116N4O3. The molecule has 0 saturated carbocycles. The van der Waals surface area contributed by atoms with Crippen LogP contribution < -0.4 is 0 Å². The van der Waals surface area contributed by atoms with Gasteiger partial charge in [-0.1, -0.05) is 202 Å². The fraction of sp³-hybridized carbons (Fsp3) is 0.966. The van der Waals surface area contributed by atoms with E-state index in [0.29, 0.717) is 31.4 Å². The van der Waals surface area contributed by atoms with Crippen molar-refractivity contribution in [1.82, 2.24) is 19.6 Å². The molecule has 1 unspecified atom stereocenters. The molecular weight excluding hydrogens is 801 g/mol. The van der Waals surface area contributed by atoms with Crippen LogP contribution in [0.2, 0.25) is 0 Å². The summed E-state index contributed by atoms with van der Waals surface area (Å²) in [6.07, 6.45) is 49.0. The minimum atomic E-state index is -0.0290. The van der Waals surface area contributed by atoms with Crippen molar-refractivity contribution in [2.75, 3.05) is 72.1 Å². The van der Waals surface area contributed by atoms with Crippen LogP contribution in [-0.2, 0) is 14.3 Å². The maximum atomic E-state index is 14.2. The van der Waals surface area contributed by atoms with Gasteiger partial charge in [0, 0.05) is 45.1 Å². The van der Waals surface area contributed by atoms with E-state index in [4.69, 9.17) is 4.74 Å². The Bertz CT molecular complexity index is 993. The number of likely N-dealkylation sites (tertiary alicyclic amines) is 1. The van der Waals surface area contributed by atoms with Gasteiger partial charge in [0.15, 0.2) is 0 Å². The zero-order chi connectivity index (χ0) is 47.1. The van der Waals surface area contributed by atoms with Gasteiger partial charge in [0.05, 0.1) is 6.61 Å². The van der Waals surface area contributed by atoms with E-state index in [1.165, 1.54) is 199 Å². The Morgan fingerprint density at radius 2 is 0.769 bits per heavy atom. The molecule has 0 aliphatic carbocycles. The van der Waals surface area contributed by atoms with Gasteiger partial charge in [0.2, 0.25) is 5.91 Å². The van der Waals surface area contributed by atoms with Gasteiger partial charge in [-0.2, -0.15) is 0 Å². The van der Waals surface area contributed by atoms with Crippen LogP contribution in [0.15, 0.2) is 0 Å². The Kier molecular flexibility index (Phi) is 45.5. The van der Waals surface area contributed by atoms with Crippen LogP contribution in [0.25, 0.3) is 0 Å². The van der Waals surface area contributed by atoms with E-state index >= 15 is 0 Å². The Morgan fingerprint density at radius 3 is 1.23 bits per heavy atom. The second-order valence-corrected chi connectivity index (χ2v) is 20.7. The first kappa shape index (κ1) is 61.8. The van der Waals surface area contributed by atoms with Crippen molar-refractivity contribution in [2.45, 2.75) is 291 Å². The first-order valence-electron chi connectivity index (χ1n) is 29.6. The Balaban J connectivity index is 2.83. The van der Waals surface area contributed by atoms with Gasteiger partial charge < -0.3 is 24.3 Å². The van der Waals surface area contributed by atoms with E-state index in [2.05, 4.69) is 54.2 Å². The summed E-state index contributed by atoms with van der Waals surface area (Å²) in [7, 11) is 0. The monoisotopic (exact) mass is 917 g/mol. The number of piperidine rings is 1. The largest absolute Gasteiger partial charge is 0.466 e. The number of unbranched alkanes of at least 4 members (excludes halogenated alkanes) is 26. The average Bonchev–Trinajstić information content (AvgIpc) is 3.31. The molecule has 65 heavy (non-hydrogen) atoms. The summed E-state index contributed by atoms with van der Waals surface area (Å²) >= 11 is 0. The Morgan fingerprint density at radius 1 is 0.400 bits per heavy atom. The maximum absolute atomic E-state index is 14.2. The number of hydrogen-bond donors (Lipinski definition) is 0. The number of amides is 1. The van der Waals surface area contributed by atoms with Crippen molar-refractivity contribution in [1.29, 1.82) is 0 Å². The number of nitrogens with zero attached hydrogens (tertiary/aromatic N) is 4. The average molecular weight is 918 g/mol. The molecule has 0 spiro atoms. The molecule has 0 bridgehead atoms. The van der Waals surface area contributed by atoms with Crippen molar-refractivity contribution < 1.29 is 14.3 Å². The Hall–Kier alpha value is -1.18. The third kappa shape index (κ3) is 38.4. The molecule has 1 aliphatic heterocycles. The van der Waals surface area contributed by atoms with Crippen molar-refractivity contribution in [3.63, 3.8) is 0 Å². The van der Waals surface area contributed by atoms with Gasteiger partial charge in [-0.25, -0.2) is 0 Å². The summed E-state index contributed by atoms with van der Waals surface area (Å²) in [6, 6.07) is 0.380. The van der Waals surface area contributed by atoms with Gasteiger partial charge in [-0.05, 0) is 110 Å². The lowest BCUT2D eigenvalue weighted by Gasteiger charge is -2.37. The minimum absolute atomic E-state index is 0.0290.